The average molecular weight is 296 g/mol. The van der Waals surface area contributed by atoms with Crippen LogP contribution in [0, 0.1) is 5.92 Å². The second-order valence-corrected chi connectivity index (χ2v) is 6.16. The van der Waals surface area contributed by atoms with Crippen molar-refractivity contribution in [1.29, 1.82) is 0 Å². The Morgan fingerprint density at radius 3 is 2.19 bits per heavy atom. The van der Waals surface area contributed by atoms with Gasteiger partial charge in [0, 0.05) is 24.7 Å². The Morgan fingerprint density at radius 1 is 1.10 bits per heavy atom. The molecule has 2 rings (SSSR count). The summed E-state index contributed by atoms with van der Waals surface area (Å²) in [5.74, 6) is 0.748. The molecule has 0 saturated heterocycles. The summed E-state index contributed by atoms with van der Waals surface area (Å²) in [7, 11) is 2.09. The fourth-order valence-electron chi connectivity index (χ4n) is 3.34. The van der Waals surface area contributed by atoms with Crippen molar-refractivity contribution in [2.75, 3.05) is 20.1 Å². The number of benzene rings is 1. The van der Waals surface area contributed by atoms with Crippen molar-refractivity contribution >= 4 is 0 Å². The SMILES string of the molecule is CN(CC1CCCCC1)C(CN)c1ccc(C(F)F)cc1. The molecule has 0 amide bonds. The molecule has 1 aliphatic carbocycles. The number of alkyl halides is 2. The molecule has 1 fully saturated rings. The molecule has 1 aromatic rings. The van der Waals surface area contributed by atoms with E-state index in [0.29, 0.717) is 6.54 Å². The highest BCUT2D eigenvalue weighted by atomic mass is 19.3. The van der Waals surface area contributed by atoms with E-state index in [-0.39, 0.29) is 11.6 Å². The first kappa shape index (κ1) is 16.4. The van der Waals surface area contributed by atoms with Crippen molar-refractivity contribution in [3.63, 3.8) is 0 Å². The number of hydrogen-bond acceptors (Lipinski definition) is 2. The Morgan fingerprint density at radius 2 is 1.67 bits per heavy atom. The number of likely N-dealkylation sites (N-methyl/N-ethyl adjacent to an activating group) is 1. The van der Waals surface area contributed by atoms with E-state index in [4.69, 9.17) is 5.73 Å². The molecular formula is C17H26F2N2. The Labute approximate surface area is 126 Å². The van der Waals surface area contributed by atoms with Gasteiger partial charge in [-0.1, -0.05) is 43.5 Å². The van der Waals surface area contributed by atoms with Crippen LogP contribution in [0.1, 0.15) is 55.7 Å². The van der Waals surface area contributed by atoms with E-state index >= 15 is 0 Å². The fraction of sp³-hybridized carbons (Fsp3) is 0.647. The molecule has 2 N–H and O–H groups in total. The zero-order chi connectivity index (χ0) is 15.2. The van der Waals surface area contributed by atoms with E-state index < -0.39 is 6.43 Å². The first-order valence-electron chi connectivity index (χ1n) is 7.90. The van der Waals surface area contributed by atoms with Crippen LogP contribution >= 0.6 is 0 Å². The van der Waals surface area contributed by atoms with Crippen molar-refractivity contribution in [2.45, 2.75) is 44.6 Å². The van der Waals surface area contributed by atoms with Crippen molar-refractivity contribution < 1.29 is 8.78 Å². The molecule has 1 atom stereocenters. The number of nitrogens with two attached hydrogens (primary N) is 1. The molecule has 0 aliphatic heterocycles. The molecule has 118 valence electrons. The summed E-state index contributed by atoms with van der Waals surface area (Å²) >= 11 is 0. The Hall–Kier alpha value is -1.00. The Bertz CT molecular complexity index is 413. The van der Waals surface area contributed by atoms with Gasteiger partial charge in [0.1, 0.15) is 0 Å². The minimum Gasteiger partial charge on any atom is -0.329 e. The van der Waals surface area contributed by atoms with E-state index in [1.54, 1.807) is 12.1 Å². The smallest absolute Gasteiger partial charge is 0.263 e. The lowest BCUT2D eigenvalue weighted by atomic mass is 9.88. The van der Waals surface area contributed by atoms with Gasteiger partial charge in [0.2, 0.25) is 0 Å². The summed E-state index contributed by atoms with van der Waals surface area (Å²) in [6.45, 7) is 1.55. The van der Waals surface area contributed by atoms with Crippen LogP contribution in [0.25, 0.3) is 0 Å². The van der Waals surface area contributed by atoms with Crippen molar-refractivity contribution in [1.82, 2.24) is 4.90 Å². The lowest BCUT2D eigenvalue weighted by Crippen LogP contribution is -2.34. The summed E-state index contributed by atoms with van der Waals surface area (Å²) in [6, 6.07) is 6.71. The highest BCUT2D eigenvalue weighted by molar-refractivity contribution is 5.26. The second kappa shape index (κ2) is 7.85. The third-order valence-corrected chi connectivity index (χ3v) is 4.60. The van der Waals surface area contributed by atoms with Gasteiger partial charge in [-0.3, -0.25) is 4.90 Å². The molecule has 1 unspecified atom stereocenters. The number of rotatable bonds is 6. The molecule has 0 heterocycles. The van der Waals surface area contributed by atoms with E-state index in [1.165, 1.54) is 44.2 Å². The zero-order valence-electron chi connectivity index (χ0n) is 12.8. The van der Waals surface area contributed by atoms with Gasteiger partial charge < -0.3 is 5.73 Å². The fourth-order valence-corrected chi connectivity index (χ4v) is 3.34. The van der Waals surface area contributed by atoms with Gasteiger partial charge in [-0.05, 0) is 31.4 Å². The maximum absolute atomic E-state index is 12.6. The Balaban J connectivity index is 2.00. The minimum atomic E-state index is -2.41. The molecule has 4 heteroatoms. The number of nitrogens with zero attached hydrogens (tertiary/aromatic N) is 1. The monoisotopic (exact) mass is 296 g/mol. The molecule has 0 bridgehead atoms. The van der Waals surface area contributed by atoms with Crippen molar-refractivity contribution in [3.8, 4) is 0 Å². The molecule has 0 spiro atoms. The molecule has 0 radical (unpaired) electrons. The summed E-state index contributed by atoms with van der Waals surface area (Å²) in [6.07, 6.45) is 4.20. The highest BCUT2D eigenvalue weighted by Gasteiger charge is 2.21. The van der Waals surface area contributed by atoms with Crippen LogP contribution in [-0.2, 0) is 0 Å². The lowest BCUT2D eigenvalue weighted by molar-refractivity contribution is 0.151. The van der Waals surface area contributed by atoms with Gasteiger partial charge in [-0.2, -0.15) is 0 Å². The van der Waals surface area contributed by atoms with Crippen LogP contribution < -0.4 is 5.73 Å². The minimum absolute atomic E-state index is 0.0736. The van der Waals surface area contributed by atoms with E-state index in [2.05, 4.69) is 11.9 Å². The van der Waals surface area contributed by atoms with Gasteiger partial charge in [-0.25, -0.2) is 8.78 Å². The highest BCUT2D eigenvalue weighted by Crippen LogP contribution is 2.28. The Kier molecular flexibility index (Phi) is 6.12. The number of hydrogen-bond donors (Lipinski definition) is 1. The van der Waals surface area contributed by atoms with E-state index in [9.17, 15) is 8.78 Å². The van der Waals surface area contributed by atoms with Crippen LogP contribution in [-0.4, -0.2) is 25.0 Å². The van der Waals surface area contributed by atoms with E-state index in [1.807, 2.05) is 0 Å². The van der Waals surface area contributed by atoms with Gasteiger partial charge in [0.15, 0.2) is 0 Å². The van der Waals surface area contributed by atoms with Crippen molar-refractivity contribution in [2.24, 2.45) is 11.7 Å². The summed E-state index contributed by atoms with van der Waals surface area (Å²) in [5, 5.41) is 0. The second-order valence-electron chi connectivity index (χ2n) is 6.16. The van der Waals surface area contributed by atoms with Gasteiger partial charge in [-0.15, -0.1) is 0 Å². The standard InChI is InChI=1S/C17H26F2N2/c1-21(12-13-5-3-2-4-6-13)16(11-20)14-7-9-15(10-8-14)17(18)19/h7-10,13,16-17H,2-6,11-12,20H2,1H3. The van der Waals surface area contributed by atoms with Crippen LogP contribution in [0.5, 0.6) is 0 Å². The molecule has 21 heavy (non-hydrogen) atoms. The molecule has 0 aromatic heterocycles. The van der Waals surface area contributed by atoms with Crippen LogP contribution in [0.3, 0.4) is 0 Å². The predicted molar refractivity (Wildman–Crippen MR) is 82.4 cm³/mol. The summed E-state index contributed by atoms with van der Waals surface area (Å²) in [5.41, 5.74) is 7.02. The molecule has 1 aliphatic rings. The first-order chi connectivity index (χ1) is 10.1. The normalized spacial score (nSPS) is 18.4. The molecule has 1 saturated carbocycles. The third-order valence-electron chi connectivity index (χ3n) is 4.60. The summed E-state index contributed by atoms with van der Waals surface area (Å²) < 4.78 is 25.2. The predicted octanol–water partition coefficient (Wildman–Crippen LogP) is 4.14. The van der Waals surface area contributed by atoms with Crippen LogP contribution in [0.15, 0.2) is 24.3 Å². The maximum Gasteiger partial charge on any atom is 0.263 e. The third kappa shape index (κ3) is 4.48. The topological polar surface area (TPSA) is 29.3 Å². The maximum atomic E-state index is 12.6. The largest absolute Gasteiger partial charge is 0.329 e. The molecule has 2 nitrogen and oxygen atoms in total. The van der Waals surface area contributed by atoms with Gasteiger partial charge in [0.05, 0.1) is 0 Å². The van der Waals surface area contributed by atoms with Crippen molar-refractivity contribution in [3.05, 3.63) is 35.4 Å². The molecule has 1 aromatic carbocycles. The van der Waals surface area contributed by atoms with E-state index in [0.717, 1.165) is 18.0 Å². The van der Waals surface area contributed by atoms with Gasteiger partial charge >= 0.3 is 0 Å². The lowest BCUT2D eigenvalue weighted by Gasteiger charge is -2.32. The summed E-state index contributed by atoms with van der Waals surface area (Å²) in [4.78, 5) is 2.29. The van der Waals surface area contributed by atoms with Gasteiger partial charge in [0.25, 0.3) is 6.43 Å². The quantitative estimate of drug-likeness (QED) is 0.855. The molecular weight excluding hydrogens is 270 g/mol. The zero-order valence-corrected chi connectivity index (χ0v) is 12.8. The van der Waals surface area contributed by atoms with Crippen LogP contribution in [0.2, 0.25) is 0 Å². The average Bonchev–Trinajstić information content (AvgIpc) is 2.49. The van der Waals surface area contributed by atoms with Crippen LogP contribution in [0.4, 0.5) is 8.78 Å². The number of halogens is 2. The first-order valence-corrected chi connectivity index (χ1v) is 7.90.